The predicted octanol–water partition coefficient (Wildman–Crippen LogP) is 4.01. The van der Waals surface area contributed by atoms with Crippen molar-refractivity contribution in [3.8, 4) is 0 Å². The molecule has 0 spiro atoms. The highest BCUT2D eigenvalue weighted by Crippen LogP contribution is 2.27. The molecule has 1 amide bonds. The number of amides is 1. The van der Waals surface area contributed by atoms with Crippen LogP contribution in [-0.2, 0) is 32.4 Å². The van der Waals surface area contributed by atoms with Crippen molar-refractivity contribution in [3.05, 3.63) is 88.7 Å². The third kappa shape index (κ3) is 4.94. The summed E-state index contributed by atoms with van der Waals surface area (Å²) in [5.74, 6) is 0.00911. The van der Waals surface area contributed by atoms with Crippen LogP contribution in [0, 0.1) is 0 Å². The Morgan fingerprint density at radius 3 is 2.62 bits per heavy atom. The van der Waals surface area contributed by atoms with Crippen LogP contribution in [0.25, 0.3) is 0 Å². The van der Waals surface area contributed by atoms with Gasteiger partial charge in [0.2, 0.25) is 0 Å². The third-order valence-corrected chi connectivity index (χ3v) is 7.03. The molecule has 2 heterocycles. The molecule has 166 valence electrons. The average Bonchev–Trinajstić information content (AvgIpc) is 3.22. The van der Waals surface area contributed by atoms with E-state index in [1.807, 2.05) is 23.0 Å². The maximum absolute atomic E-state index is 12.9. The monoisotopic (exact) mass is 428 g/mol. The molecule has 2 aromatic carbocycles. The van der Waals surface area contributed by atoms with Gasteiger partial charge in [0.25, 0.3) is 5.91 Å². The summed E-state index contributed by atoms with van der Waals surface area (Å²) in [6.07, 6.45) is 10.9. The molecule has 0 bridgehead atoms. The van der Waals surface area contributed by atoms with Crippen molar-refractivity contribution in [2.45, 2.75) is 57.7 Å². The number of rotatable bonds is 7. The minimum atomic E-state index is 0.00911. The number of aromatic nitrogens is 2. The van der Waals surface area contributed by atoms with Gasteiger partial charge in [-0.25, -0.2) is 0 Å². The number of hydrogen-bond acceptors (Lipinski definition) is 3. The van der Waals surface area contributed by atoms with Crippen LogP contribution in [0.3, 0.4) is 0 Å². The van der Waals surface area contributed by atoms with E-state index in [1.54, 1.807) is 6.20 Å². The lowest BCUT2D eigenvalue weighted by Gasteiger charge is -2.36. The van der Waals surface area contributed by atoms with Gasteiger partial charge in [-0.3, -0.25) is 14.4 Å². The number of carbonyl (C=O) groups excluding carboxylic acids is 1. The van der Waals surface area contributed by atoms with Crippen LogP contribution in [0.2, 0.25) is 0 Å². The van der Waals surface area contributed by atoms with Crippen molar-refractivity contribution in [3.63, 3.8) is 0 Å². The Labute approximate surface area is 190 Å². The quantitative estimate of drug-likeness (QED) is 0.619. The van der Waals surface area contributed by atoms with Gasteiger partial charge in [-0.05, 0) is 72.6 Å². The van der Waals surface area contributed by atoms with Gasteiger partial charge in [-0.1, -0.05) is 36.8 Å². The maximum atomic E-state index is 12.9. The van der Waals surface area contributed by atoms with E-state index in [-0.39, 0.29) is 5.91 Å². The average molecular weight is 429 g/mol. The highest BCUT2D eigenvalue weighted by atomic mass is 16.1. The van der Waals surface area contributed by atoms with Crippen LogP contribution < -0.4 is 5.32 Å². The second-order valence-corrected chi connectivity index (χ2v) is 9.13. The smallest absolute Gasteiger partial charge is 0.251 e. The molecule has 1 aromatic heterocycles. The zero-order valence-corrected chi connectivity index (χ0v) is 18.7. The molecule has 0 unspecified atom stereocenters. The van der Waals surface area contributed by atoms with Gasteiger partial charge in [-0.2, -0.15) is 5.10 Å². The molecular formula is C27H32N4O. The Kier molecular flexibility index (Phi) is 6.35. The standard InChI is InChI=1S/C27H32N4O/c32-27(28-20-22-5-1-4-21(18-22)10-17-31-14-3-13-29-31)25-9-8-23-11-15-30(26-6-2-7-26)16-12-24(23)19-25/h1,3-5,8-9,13-14,18-19,26H,2,6-7,10-12,15-17,20H2,(H,28,32). The van der Waals surface area contributed by atoms with E-state index in [0.717, 1.165) is 56.1 Å². The number of aryl methyl sites for hydroxylation is 2. The first kappa shape index (κ1) is 21.0. The molecule has 5 heteroatoms. The molecule has 3 aromatic rings. The van der Waals surface area contributed by atoms with Crippen LogP contribution in [0.5, 0.6) is 0 Å². The van der Waals surface area contributed by atoms with Crippen LogP contribution in [0.15, 0.2) is 60.9 Å². The Morgan fingerprint density at radius 1 is 1.00 bits per heavy atom. The molecule has 5 nitrogen and oxygen atoms in total. The fourth-order valence-electron chi connectivity index (χ4n) is 4.86. The van der Waals surface area contributed by atoms with Crippen molar-refractivity contribution in [1.82, 2.24) is 20.0 Å². The Morgan fingerprint density at radius 2 is 1.84 bits per heavy atom. The van der Waals surface area contributed by atoms with Gasteiger partial charge in [0.1, 0.15) is 0 Å². The van der Waals surface area contributed by atoms with Crippen LogP contribution in [0.1, 0.15) is 51.9 Å². The first-order valence-corrected chi connectivity index (χ1v) is 11.9. The molecule has 0 radical (unpaired) electrons. The number of nitrogens with zero attached hydrogens (tertiary/aromatic N) is 3. The van der Waals surface area contributed by atoms with Crippen molar-refractivity contribution < 1.29 is 4.79 Å². The van der Waals surface area contributed by atoms with E-state index < -0.39 is 0 Å². The first-order valence-electron chi connectivity index (χ1n) is 11.9. The summed E-state index contributed by atoms with van der Waals surface area (Å²) in [5, 5.41) is 7.37. The van der Waals surface area contributed by atoms with Gasteiger partial charge >= 0.3 is 0 Å². The summed E-state index contributed by atoms with van der Waals surface area (Å²) < 4.78 is 1.94. The Balaban J connectivity index is 1.17. The van der Waals surface area contributed by atoms with Crippen molar-refractivity contribution in [2.24, 2.45) is 0 Å². The molecule has 0 atom stereocenters. The Bertz CT molecular complexity index is 1060. The molecule has 32 heavy (non-hydrogen) atoms. The Hall–Kier alpha value is -2.92. The lowest BCUT2D eigenvalue weighted by molar-refractivity contribution is 0.0950. The van der Waals surface area contributed by atoms with Gasteiger partial charge in [-0.15, -0.1) is 0 Å². The third-order valence-electron chi connectivity index (χ3n) is 7.03. The SMILES string of the molecule is O=C(NCc1cccc(CCn2cccn2)c1)c1ccc2c(c1)CCN(C1CCC1)CC2. The van der Waals surface area contributed by atoms with Crippen LogP contribution in [0.4, 0.5) is 0 Å². The highest BCUT2D eigenvalue weighted by molar-refractivity contribution is 5.94. The normalized spacial score (nSPS) is 16.8. The summed E-state index contributed by atoms with van der Waals surface area (Å²) in [5.41, 5.74) is 5.92. The van der Waals surface area contributed by atoms with E-state index in [9.17, 15) is 4.79 Å². The van der Waals surface area contributed by atoms with Gasteiger partial charge < -0.3 is 5.32 Å². The molecule has 0 saturated heterocycles. The largest absolute Gasteiger partial charge is 0.348 e. The minimum Gasteiger partial charge on any atom is -0.348 e. The molecule has 2 aliphatic rings. The molecule has 1 N–H and O–H groups in total. The number of benzene rings is 2. The highest BCUT2D eigenvalue weighted by Gasteiger charge is 2.26. The molecular weight excluding hydrogens is 396 g/mol. The lowest BCUT2D eigenvalue weighted by Crippen LogP contribution is -2.41. The van der Waals surface area contributed by atoms with E-state index in [0.29, 0.717) is 6.54 Å². The lowest BCUT2D eigenvalue weighted by atomic mass is 9.91. The first-order chi connectivity index (χ1) is 15.7. The summed E-state index contributed by atoms with van der Waals surface area (Å²) in [4.78, 5) is 15.5. The van der Waals surface area contributed by atoms with Gasteiger partial charge in [0.05, 0.1) is 0 Å². The van der Waals surface area contributed by atoms with E-state index in [1.165, 1.54) is 36.0 Å². The second kappa shape index (κ2) is 9.70. The number of hydrogen-bond donors (Lipinski definition) is 1. The summed E-state index contributed by atoms with van der Waals surface area (Å²) in [7, 11) is 0. The summed E-state index contributed by atoms with van der Waals surface area (Å²) >= 11 is 0. The predicted molar refractivity (Wildman–Crippen MR) is 127 cm³/mol. The van der Waals surface area contributed by atoms with Crippen molar-refractivity contribution >= 4 is 5.91 Å². The maximum Gasteiger partial charge on any atom is 0.251 e. The summed E-state index contributed by atoms with van der Waals surface area (Å²) in [6.45, 7) is 3.67. The zero-order valence-electron chi connectivity index (χ0n) is 18.7. The van der Waals surface area contributed by atoms with Crippen LogP contribution >= 0.6 is 0 Å². The summed E-state index contributed by atoms with van der Waals surface area (Å²) in [6, 6.07) is 17.5. The van der Waals surface area contributed by atoms with Crippen LogP contribution in [-0.4, -0.2) is 39.7 Å². The molecule has 1 aliphatic carbocycles. The fourth-order valence-corrected chi connectivity index (χ4v) is 4.86. The second-order valence-electron chi connectivity index (χ2n) is 9.13. The van der Waals surface area contributed by atoms with Gasteiger partial charge in [0, 0.05) is 50.2 Å². The zero-order chi connectivity index (χ0) is 21.8. The van der Waals surface area contributed by atoms with E-state index in [2.05, 4.69) is 51.7 Å². The number of fused-ring (bicyclic) bond motifs is 1. The number of nitrogens with one attached hydrogen (secondary N) is 1. The molecule has 1 saturated carbocycles. The fraction of sp³-hybridized carbons (Fsp3) is 0.407. The molecule has 1 aliphatic heterocycles. The van der Waals surface area contributed by atoms with Gasteiger partial charge in [0.15, 0.2) is 0 Å². The van der Waals surface area contributed by atoms with E-state index >= 15 is 0 Å². The molecule has 1 fully saturated rings. The van der Waals surface area contributed by atoms with E-state index in [4.69, 9.17) is 0 Å². The number of carbonyl (C=O) groups is 1. The molecule has 5 rings (SSSR count). The topological polar surface area (TPSA) is 50.2 Å². The van der Waals surface area contributed by atoms with Crippen molar-refractivity contribution in [1.29, 1.82) is 0 Å². The minimum absolute atomic E-state index is 0.00911. The van der Waals surface area contributed by atoms with Crippen molar-refractivity contribution in [2.75, 3.05) is 13.1 Å².